The fourth-order valence-electron chi connectivity index (χ4n) is 4.73. The summed E-state index contributed by atoms with van der Waals surface area (Å²) in [6.45, 7) is 2.44. The summed E-state index contributed by atoms with van der Waals surface area (Å²) in [5, 5.41) is 3.11. The minimum atomic E-state index is -0.547. The van der Waals surface area contributed by atoms with Gasteiger partial charge in [-0.15, -0.1) is 0 Å². The molecule has 1 saturated heterocycles. The monoisotopic (exact) mass is 549 g/mol. The van der Waals surface area contributed by atoms with Gasteiger partial charge in [-0.25, -0.2) is 0 Å². The summed E-state index contributed by atoms with van der Waals surface area (Å²) in [5.41, 5.74) is 1.80. The van der Waals surface area contributed by atoms with E-state index in [0.29, 0.717) is 42.5 Å². The molecule has 0 spiro atoms. The van der Waals surface area contributed by atoms with Crippen molar-refractivity contribution in [2.45, 2.75) is 12.8 Å². The maximum absolute atomic E-state index is 13.2. The van der Waals surface area contributed by atoms with Crippen molar-refractivity contribution in [3.63, 3.8) is 0 Å². The summed E-state index contributed by atoms with van der Waals surface area (Å²) in [5.74, 6) is -1.66. The van der Waals surface area contributed by atoms with Gasteiger partial charge >= 0.3 is 0 Å². The Balaban J connectivity index is 1.22. The third-order valence-electron chi connectivity index (χ3n) is 6.77. The molecule has 1 aliphatic carbocycles. The Labute approximate surface area is 229 Å². The summed E-state index contributed by atoms with van der Waals surface area (Å²) in [4.78, 5) is 61.5. The number of hydrogen-bond donors (Lipinski definition) is 1. The Bertz CT molecular complexity index is 1400. The third-order valence-corrected chi connectivity index (χ3v) is 7.42. The maximum atomic E-state index is 13.2. The molecule has 1 N–H and O–H groups in total. The predicted molar refractivity (Wildman–Crippen MR) is 147 cm³/mol. The average molecular weight is 550 g/mol. The molecule has 1 fully saturated rings. The number of aromatic nitrogens is 1. The normalized spacial score (nSPS) is 17.3. The van der Waals surface area contributed by atoms with Crippen LogP contribution in [0, 0.1) is 0 Å². The standard InChI is InChI=1S/C27H24ClN5O4S/c28-17-4-5-22(38)20(16-17)25(35)30-21-3-1-2-19-24(21)27(37)33(26(19)36)11-8-23(34)32-14-12-31(13-15-32)18-6-9-29-10-7-18/h1-4,6-7,9-10,16H,5,8,11-15H2,(H,30,35). The number of nitrogens with one attached hydrogen (secondary N) is 1. The fraction of sp³-hybridized carbons (Fsp3) is 0.259. The fourth-order valence-corrected chi connectivity index (χ4v) is 5.16. The molecular weight excluding hydrogens is 526 g/mol. The van der Waals surface area contributed by atoms with Crippen molar-refractivity contribution in [1.82, 2.24) is 14.8 Å². The summed E-state index contributed by atoms with van der Waals surface area (Å²) in [6, 6.07) is 8.56. The third kappa shape index (κ3) is 5.09. The average Bonchev–Trinajstić information content (AvgIpc) is 3.18. The molecule has 9 nitrogen and oxygen atoms in total. The number of amides is 4. The predicted octanol–water partition coefficient (Wildman–Crippen LogP) is 3.18. The van der Waals surface area contributed by atoms with Crippen LogP contribution in [0.1, 0.15) is 33.6 Å². The van der Waals surface area contributed by atoms with E-state index in [2.05, 4.69) is 15.2 Å². The first-order valence-electron chi connectivity index (χ1n) is 12.2. The van der Waals surface area contributed by atoms with E-state index in [4.69, 9.17) is 23.8 Å². The molecule has 0 radical (unpaired) electrons. The molecule has 194 valence electrons. The van der Waals surface area contributed by atoms with Crippen LogP contribution in [-0.2, 0) is 9.59 Å². The number of pyridine rings is 1. The number of carbonyl (C=O) groups is 4. The second-order valence-electron chi connectivity index (χ2n) is 9.04. The number of halogens is 1. The molecule has 3 aliphatic rings. The van der Waals surface area contributed by atoms with E-state index in [1.807, 2.05) is 12.1 Å². The lowest BCUT2D eigenvalue weighted by Gasteiger charge is -2.36. The van der Waals surface area contributed by atoms with Gasteiger partial charge in [0.2, 0.25) is 5.91 Å². The molecule has 0 atom stereocenters. The lowest BCUT2D eigenvalue weighted by atomic mass is 10.0. The first-order valence-corrected chi connectivity index (χ1v) is 13.0. The first kappa shape index (κ1) is 25.7. The molecule has 0 bridgehead atoms. The highest BCUT2D eigenvalue weighted by atomic mass is 35.5. The largest absolute Gasteiger partial charge is 0.368 e. The molecule has 2 aromatic rings. The van der Waals surface area contributed by atoms with Crippen molar-refractivity contribution in [2.75, 3.05) is 42.9 Å². The Hall–Kier alpha value is -3.89. The highest BCUT2D eigenvalue weighted by molar-refractivity contribution is 7.81. The molecule has 2 aliphatic heterocycles. The van der Waals surface area contributed by atoms with Gasteiger partial charge in [0.1, 0.15) is 0 Å². The number of hydrogen-bond acceptors (Lipinski definition) is 7. The number of imide groups is 1. The minimum absolute atomic E-state index is 0.0222. The molecule has 5 rings (SSSR count). The van der Waals surface area contributed by atoms with E-state index in [9.17, 15) is 19.2 Å². The molecule has 1 aromatic heterocycles. The molecule has 11 heteroatoms. The van der Waals surface area contributed by atoms with Crippen LogP contribution >= 0.6 is 23.8 Å². The van der Waals surface area contributed by atoms with E-state index >= 15 is 0 Å². The van der Waals surface area contributed by atoms with E-state index in [1.54, 1.807) is 35.5 Å². The van der Waals surface area contributed by atoms with E-state index < -0.39 is 17.7 Å². The van der Waals surface area contributed by atoms with Crippen LogP contribution in [0.25, 0.3) is 0 Å². The van der Waals surface area contributed by atoms with Gasteiger partial charge in [-0.1, -0.05) is 36.0 Å². The summed E-state index contributed by atoms with van der Waals surface area (Å²) < 4.78 is 0. The quantitative estimate of drug-likeness (QED) is 0.436. The Morgan fingerprint density at radius 1 is 1.03 bits per heavy atom. The van der Waals surface area contributed by atoms with Crippen molar-refractivity contribution in [3.8, 4) is 0 Å². The van der Waals surface area contributed by atoms with E-state index in [-0.39, 0.29) is 41.3 Å². The van der Waals surface area contributed by atoms with Gasteiger partial charge in [0.25, 0.3) is 17.7 Å². The number of fused-ring (bicyclic) bond motifs is 1. The van der Waals surface area contributed by atoms with E-state index in [1.165, 1.54) is 12.1 Å². The summed E-state index contributed by atoms with van der Waals surface area (Å²) >= 11 is 11.3. The van der Waals surface area contributed by atoms with Crippen LogP contribution in [0.2, 0.25) is 0 Å². The number of anilines is 2. The van der Waals surface area contributed by atoms with Crippen molar-refractivity contribution in [2.24, 2.45) is 0 Å². The number of nitrogens with zero attached hydrogens (tertiary/aromatic N) is 4. The van der Waals surface area contributed by atoms with Crippen LogP contribution < -0.4 is 10.2 Å². The van der Waals surface area contributed by atoms with Crippen molar-refractivity contribution < 1.29 is 19.2 Å². The van der Waals surface area contributed by atoms with Gasteiger partial charge < -0.3 is 15.1 Å². The molecule has 38 heavy (non-hydrogen) atoms. The van der Waals surface area contributed by atoms with Crippen LogP contribution in [0.15, 0.2) is 65.5 Å². The van der Waals surface area contributed by atoms with Crippen LogP contribution in [-0.4, -0.2) is 76.0 Å². The molecule has 3 heterocycles. The van der Waals surface area contributed by atoms with E-state index in [0.717, 1.165) is 10.6 Å². The maximum Gasteiger partial charge on any atom is 0.263 e. The van der Waals surface area contributed by atoms with Crippen molar-refractivity contribution >= 4 is 63.7 Å². The van der Waals surface area contributed by atoms with Gasteiger partial charge in [0.05, 0.1) is 22.4 Å². The Morgan fingerprint density at radius 2 is 1.76 bits per heavy atom. The summed E-state index contributed by atoms with van der Waals surface area (Å²) in [6.07, 6.45) is 7.06. The molecule has 0 unspecified atom stereocenters. The minimum Gasteiger partial charge on any atom is -0.368 e. The van der Waals surface area contributed by atoms with Gasteiger partial charge in [0, 0.05) is 73.5 Å². The smallest absolute Gasteiger partial charge is 0.263 e. The zero-order chi connectivity index (χ0) is 26.8. The lowest BCUT2D eigenvalue weighted by molar-refractivity contribution is -0.131. The second kappa shape index (κ2) is 10.8. The summed E-state index contributed by atoms with van der Waals surface area (Å²) in [7, 11) is 0. The highest BCUT2D eigenvalue weighted by Gasteiger charge is 2.38. The van der Waals surface area contributed by atoms with Crippen LogP contribution in [0.5, 0.6) is 0 Å². The molecule has 4 amide bonds. The van der Waals surface area contributed by atoms with Crippen LogP contribution in [0.4, 0.5) is 11.4 Å². The first-order chi connectivity index (χ1) is 18.3. The van der Waals surface area contributed by atoms with Gasteiger partial charge in [-0.2, -0.15) is 0 Å². The number of allylic oxidation sites excluding steroid dienone is 3. The topological polar surface area (TPSA) is 103 Å². The SMILES string of the molecule is O=C(Nc1cccc2c1C(=O)N(CCC(=O)N1CCN(c3ccncc3)CC1)C2=O)C1=CC(Cl)=CCC1=S. The van der Waals surface area contributed by atoms with Gasteiger partial charge in [-0.3, -0.25) is 29.1 Å². The molecule has 1 aromatic carbocycles. The van der Waals surface area contributed by atoms with Gasteiger partial charge in [-0.05, 0) is 30.3 Å². The number of benzene rings is 1. The number of rotatable bonds is 6. The number of thiocarbonyl (C=S) groups is 1. The van der Waals surface area contributed by atoms with Crippen molar-refractivity contribution in [3.05, 3.63) is 76.6 Å². The zero-order valence-corrected chi connectivity index (χ0v) is 21.9. The number of piperazine rings is 1. The highest BCUT2D eigenvalue weighted by Crippen LogP contribution is 2.30. The molecular formula is C27H24ClN5O4S. The Morgan fingerprint density at radius 3 is 2.50 bits per heavy atom. The zero-order valence-electron chi connectivity index (χ0n) is 20.4. The molecule has 0 saturated carbocycles. The lowest BCUT2D eigenvalue weighted by Crippen LogP contribution is -2.49. The van der Waals surface area contributed by atoms with Crippen LogP contribution in [0.3, 0.4) is 0 Å². The number of carbonyl (C=O) groups excluding carboxylic acids is 4. The van der Waals surface area contributed by atoms with Gasteiger partial charge in [0.15, 0.2) is 0 Å². The second-order valence-corrected chi connectivity index (χ2v) is 9.97. The Kier molecular flexibility index (Phi) is 7.35. The van der Waals surface area contributed by atoms with Crippen molar-refractivity contribution in [1.29, 1.82) is 0 Å².